The molecule has 1 fully saturated rings. The van der Waals surface area contributed by atoms with Crippen LogP contribution < -0.4 is 0 Å². The minimum absolute atomic E-state index is 0.0530. The summed E-state index contributed by atoms with van der Waals surface area (Å²) in [6.07, 6.45) is 1.24. The van der Waals surface area contributed by atoms with Gasteiger partial charge in [-0.1, -0.05) is 51.1 Å². The Bertz CT molecular complexity index is 464. The molecule has 0 aliphatic carbocycles. The molecule has 0 aromatic heterocycles. The average molecular weight is 302 g/mol. The molecule has 1 aliphatic rings. The second kappa shape index (κ2) is 7.77. The van der Waals surface area contributed by atoms with Crippen LogP contribution in [0.25, 0.3) is 0 Å². The van der Waals surface area contributed by atoms with Gasteiger partial charge in [0.15, 0.2) is 0 Å². The summed E-state index contributed by atoms with van der Waals surface area (Å²) < 4.78 is 0. The van der Waals surface area contributed by atoms with Crippen molar-refractivity contribution in [1.29, 1.82) is 0 Å². The summed E-state index contributed by atoms with van der Waals surface area (Å²) in [5.41, 5.74) is 1.27. The zero-order valence-electron chi connectivity index (χ0n) is 14.5. The standard InChI is InChI=1S/C19H30N2O/c1-5-20(14-18-9-7-6-8-10-18)17(4)19(22)21-12-15(2)11-16(3)13-21/h6-10,15-17H,5,11-14H2,1-4H3. The van der Waals surface area contributed by atoms with E-state index in [1.54, 1.807) is 0 Å². The normalized spacial score (nSPS) is 23.6. The van der Waals surface area contributed by atoms with Gasteiger partial charge in [-0.2, -0.15) is 0 Å². The van der Waals surface area contributed by atoms with E-state index in [1.165, 1.54) is 12.0 Å². The first kappa shape index (κ1) is 17.0. The Morgan fingerprint density at radius 2 is 1.82 bits per heavy atom. The molecule has 1 heterocycles. The molecule has 1 amide bonds. The molecule has 1 aliphatic heterocycles. The van der Waals surface area contributed by atoms with Crippen LogP contribution in [-0.4, -0.2) is 41.4 Å². The highest BCUT2D eigenvalue weighted by molar-refractivity contribution is 5.81. The lowest BCUT2D eigenvalue weighted by Crippen LogP contribution is -2.51. The smallest absolute Gasteiger partial charge is 0.239 e. The van der Waals surface area contributed by atoms with E-state index in [4.69, 9.17) is 0 Å². The van der Waals surface area contributed by atoms with Crippen LogP contribution in [0, 0.1) is 11.8 Å². The molecule has 3 atom stereocenters. The number of benzene rings is 1. The molecule has 0 N–H and O–H groups in total. The van der Waals surface area contributed by atoms with Crippen molar-refractivity contribution in [2.75, 3.05) is 19.6 Å². The number of nitrogens with zero attached hydrogens (tertiary/aromatic N) is 2. The number of carbonyl (C=O) groups is 1. The fourth-order valence-electron chi connectivity index (χ4n) is 3.60. The van der Waals surface area contributed by atoms with Gasteiger partial charge in [0.05, 0.1) is 6.04 Å². The fourth-order valence-corrected chi connectivity index (χ4v) is 3.60. The van der Waals surface area contributed by atoms with Crippen molar-refractivity contribution in [3.8, 4) is 0 Å². The van der Waals surface area contributed by atoms with Crippen LogP contribution in [0.1, 0.15) is 39.7 Å². The van der Waals surface area contributed by atoms with Crippen LogP contribution in [0.4, 0.5) is 0 Å². The Labute approximate surface area is 135 Å². The Hall–Kier alpha value is -1.35. The van der Waals surface area contributed by atoms with Gasteiger partial charge in [-0.3, -0.25) is 9.69 Å². The summed E-state index contributed by atoms with van der Waals surface area (Å²) in [6.45, 7) is 12.2. The average Bonchev–Trinajstić information content (AvgIpc) is 2.51. The second-order valence-electron chi connectivity index (χ2n) is 6.91. The van der Waals surface area contributed by atoms with E-state index in [2.05, 4.69) is 61.8 Å². The van der Waals surface area contributed by atoms with Gasteiger partial charge in [-0.15, -0.1) is 0 Å². The first-order chi connectivity index (χ1) is 10.5. The van der Waals surface area contributed by atoms with Crippen LogP contribution in [0.5, 0.6) is 0 Å². The van der Waals surface area contributed by atoms with Crippen molar-refractivity contribution < 1.29 is 4.79 Å². The SMILES string of the molecule is CCN(Cc1ccccc1)C(C)C(=O)N1CC(C)CC(C)C1. The van der Waals surface area contributed by atoms with E-state index in [0.29, 0.717) is 11.8 Å². The highest BCUT2D eigenvalue weighted by atomic mass is 16.2. The number of hydrogen-bond acceptors (Lipinski definition) is 2. The van der Waals surface area contributed by atoms with E-state index in [9.17, 15) is 4.79 Å². The van der Waals surface area contributed by atoms with Gasteiger partial charge in [0.25, 0.3) is 0 Å². The van der Waals surface area contributed by atoms with Gasteiger partial charge in [-0.05, 0) is 37.3 Å². The van der Waals surface area contributed by atoms with Gasteiger partial charge in [-0.25, -0.2) is 0 Å². The second-order valence-corrected chi connectivity index (χ2v) is 6.91. The molecule has 0 bridgehead atoms. The summed E-state index contributed by atoms with van der Waals surface area (Å²) in [5, 5.41) is 0. The number of amides is 1. The maximum Gasteiger partial charge on any atom is 0.239 e. The monoisotopic (exact) mass is 302 g/mol. The van der Waals surface area contributed by atoms with E-state index >= 15 is 0 Å². The molecular formula is C19H30N2O. The summed E-state index contributed by atoms with van der Waals surface area (Å²) in [7, 11) is 0. The van der Waals surface area contributed by atoms with E-state index in [-0.39, 0.29) is 11.9 Å². The van der Waals surface area contributed by atoms with Crippen LogP contribution in [0.15, 0.2) is 30.3 Å². The van der Waals surface area contributed by atoms with Crippen LogP contribution in [-0.2, 0) is 11.3 Å². The zero-order chi connectivity index (χ0) is 16.1. The molecule has 1 aromatic carbocycles. The molecule has 2 rings (SSSR count). The lowest BCUT2D eigenvalue weighted by Gasteiger charge is -2.38. The molecule has 122 valence electrons. The van der Waals surface area contributed by atoms with Gasteiger partial charge >= 0.3 is 0 Å². The minimum Gasteiger partial charge on any atom is -0.341 e. The Morgan fingerprint density at radius 1 is 1.23 bits per heavy atom. The summed E-state index contributed by atoms with van der Waals surface area (Å²) in [5.74, 6) is 1.52. The van der Waals surface area contributed by atoms with Crippen LogP contribution in [0.3, 0.4) is 0 Å². The third-order valence-electron chi connectivity index (χ3n) is 4.72. The van der Waals surface area contributed by atoms with E-state index in [0.717, 1.165) is 26.2 Å². The topological polar surface area (TPSA) is 23.6 Å². The molecular weight excluding hydrogens is 272 g/mol. The largest absolute Gasteiger partial charge is 0.341 e. The van der Waals surface area contributed by atoms with Crippen molar-refractivity contribution in [2.45, 2.75) is 46.7 Å². The number of piperidine rings is 1. The van der Waals surface area contributed by atoms with Crippen molar-refractivity contribution in [1.82, 2.24) is 9.80 Å². The fraction of sp³-hybridized carbons (Fsp3) is 0.632. The Kier molecular flexibility index (Phi) is 6.01. The lowest BCUT2D eigenvalue weighted by atomic mass is 9.91. The van der Waals surface area contributed by atoms with Crippen molar-refractivity contribution >= 4 is 5.91 Å². The number of hydrogen-bond donors (Lipinski definition) is 0. The highest BCUT2D eigenvalue weighted by Gasteiger charge is 2.30. The maximum atomic E-state index is 12.9. The van der Waals surface area contributed by atoms with Crippen LogP contribution in [0.2, 0.25) is 0 Å². The summed E-state index contributed by atoms with van der Waals surface area (Å²) in [4.78, 5) is 17.2. The minimum atomic E-state index is -0.0530. The number of carbonyl (C=O) groups excluding carboxylic acids is 1. The van der Waals surface area contributed by atoms with Crippen molar-refractivity contribution in [3.05, 3.63) is 35.9 Å². The summed E-state index contributed by atoms with van der Waals surface area (Å²) >= 11 is 0. The molecule has 3 unspecified atom stereocenters. The van der Waals surface area contributed by atoms with E-state index in [1.807, 2.05) is 6.07 Å². The van der Waals surface area contributed by atoms with Gasteiger partial charge in [0, 0.05) is 19.6 Å². The molecule has 1 aromatic rings. The zero-order valence-corrected chi connectivity index (χ0v) is 14.5. The Morgan fingerprint density at radius 3 is 2.36 bits per heavy atom. The number of likely N-dealkylation sites (tertiary alicyclic amines) is 1. The lowest BCUT2D eigenvalue weighted by molar-refractivity contribution is -0.139. The molecule has 22 heavy (non-hydrogen) atoms. The molecule has 3 heteroatoms. The quantitative estimate of drug-likeness (QED) is 0.832. The van der Waals surface area contributed by atoms with Gasteiger partial charge in [0.1, 0.15) is 0 Å². The van der Waals surface area contributed by atoms with Gasteiger partial charge in [0.2, 0.25) is 5.91 Å². The summed E-state index contributed by atoms with van der Waals surface area (Å²) in [6, 6.07) is 10.4. The molecule has 1 saturated heterocycles. The third-order valence-corrected chi connectivity index (χ3v) is 4.72. The van der Waals surface area contributed by atoms with Crippen molar-refractivity contribution in [2.24, 2.45) is 11.8 Å². The predicted octanol–water partition coefficient (Wildman–Crippen LogP) is 3.40. The number of rotatable bonds is 5. The molecule has 0 saturated carbocycles. The molecule has 3 nitrogen and oxygen atoms in total. The van der Waals surface area contributed by atoms with Crippen LogP contribution >= 0.6 is 0 Å². The Balaban J connectivity index is 2.01. The highest BCUT2D eigenvalue weighted by Crippen LogP contribution is 2.22. The van der Waals surface area contributed by atoms with E-state index < -0.39 is 0 Å². The molecule has 0 radical (unpaired) electrons. The first-order valence-corrected chi connectivity index (χ1v) is 8.58. The first-order valence-electron chi connectivity index (χ1n) is 8.58. The van der Waals surface area contributed by atoms with Crippen molar-refractivity contribution in [3.63, 3.8) is 0 Å². The number of likely N-dealkylation sites (N-methyl/N-ethyl adjacent to an activating group) is 1. The molecule has 0 spiro atoms. The van der Waals surface area contributed by atoms with Gasteiger partial charge < -0.3 is 4.90 Å². The predicted molar refractivity (Wildman–Crippen MR) is 91.5 cm³/mol. The third kappa shape index (κ3) is 4.33. The maximum absolute atomic E-state index is 12.9.